The number of ketones is 2. The molecule has 3 N–H and O–H groups in total. The van der Waals surface area contributed by atoms with E-state index < -0.39 is 35.6 Å². The summed E-state index contributed by atoms with van der Waals surface area (Å²) in [6.45, 7) is 15.7. The fraction of sp³-hybridized carbons (Fsp3) is 0.446. The normalized spacial score (nSPS) is 18.4. The van der Waals surface area contributed by atoms with E-state index in [4.69, 9.17) is 5.41 Å². The SMILES string of the molecule is CC(C)(C)c1cc2cc(CC(=O)C3(c4ccc5c(c4)OC(F)(F)O5)CC3)ccc2n1CC(O)CC=N.CCC(O)Cn1c(C(C)(C)C)cc2cc(CC(=O)C3(c4ccc5c(c4)OC(F)(F)O5)CC3)ccc21. The number of ether oxygens (including phenoxy) is 4. The molecule has 2 aromatic heterocycles. The van der Waals surface area contributed by atoms with Gasteiger partial charge < -0.3 is 43.7 Å². The summed E-state index contributed by atoms with van der Waals surface area (Å²) in [5, 5.41) is 30.0. The highest BCUT2D eigenvalue weighted by molar-refractivity contribution is 5.96. The molecule has 15 heteroatoms. The molecule has 4 aromatic carbocycles. The number of carbonyl (C=O) groups is 2. The zero-order valence-electron chi connectivity index (χ0n) is 41.1. The van der Waals surface area contributed by atoms with Crippen LogP contribution in [0.1, 0.15) is 121 Å². The third kappa shape index (κ3) is 9.91. The molecule has 4 heterocycles. The average Bonchev–Trinajstić information content (AvgIpc) is 4.15. The van der Waals surface area contributed by atoms with Crippen molar-refractivity contribution in [3.8, 4) is 23.0 Å². The Morgan fingerprint density at radius 3 is 1.37 bits per heavy atom. The Bertz CT molecular complexity index is 3060. The molecule has 0 amide bonds. The number of aromatic nitrogens is 2. The number of fused-ring (bicyclic) bond motifs is 4. The van der Waals surface area contributed by atoms with Crippen molar-refractivity contribution in [3.05, 3.63) is 119 Å². The molecule has 0 bridgehead atoms. The number of hydrogen-bond acceptors (Lipinski definition) is 9. The van der Waals surface area contributed by atoms with Crippen molar-refractivity contribution in [2.75, 3.05) is 0 Å². The molecular weight excluding hydrogens is 919 g/mol. The van der Waals surface area contributed by atoms with Crippen LogP contribution in [0.15, 0.2) is 84.9 Å². The largest absolute Gasteiger partial charge is 0.586 e. The van der Waals surface area contributed by atoms with E-state index in [9.17, 15) is 37.4 Å². The van der Waals surface area contributed by atoms with Crippen LogP contribution in [0.2, 0.25) is 0 Å². The van der Waals surface area contributed by atoms with E-state index >= 15 is 0 Å². The van der Waals surface area contributed by atoms with Crippen LogP contribution in [-0.2, 0) is 57.2 Å². The Morgan fingerprint density at radius 2 is 1.00 bits per heavy atom. The number of Topliss-reactive ketones (excluding diaryl/α,β-unsaturated/α-hetero) is 2. The lowest BCUT2D eigenvalue weighted by atomic mass is 9.87. The van der Waals surface area contributed by atoms with Crippen molar-refractivity contribution in [2.24, 2.45) is 0 Å². The van der Waals surface area contributed by atoms with Crippen LogP contribution in [-0.4, -0.2) is 61.9 Å². The van der Waals surface area contributed by atoms with Crippen LogP contribution in [0.25, 0.3) is 21.8 Å². The number of nitrogens with one attached hydrogen (secondary N) is 1. The molecule has 6 aromatic rings. The zero-order valence-corrected chi connectivity index (χ0v) is 41.1. The monoisotopic (exact) mass is 979 g/mol. The van der Waals surface area contributed by atoms with Gasteiger partial charge in [0.1, 0.15) is 11.6 Å². The first-order chi connectivity index (χ1) is 33.3. The molecule has 2 saturated carbocycles. The Labute approximate surface area is 410 Å². The smallest absolute Gasteiger partial charge is 0.395 e. The Morgan fingerprint density at radius 1 is 0.606 bits per heavy atom. The molecule has 2 aliphatic carbocycles. The Kier molecular flexibility index (Phi) is 12.5. The maximum Gasteiger partial charge on any atom is 0.586 e. The van der Waals surface area contributed by atoms with Gasteiger partial charge in [-0.1, -0.05) is 72.7 Å². The summed E-state index contributed by atoms with van der Waals surface area (Å²) < 4.78 is 76.1. The number of halogens is 4. The molecule has 2 fully saturated rings. The van der Waals surface area contributed by atoms with Crippen LogP contribution < -0.4 is 18.9 Å². The van der Waals surface area contributed by atoms with Crippen molar-refractivity contribution < 1.29 is 56.3 Å². The second kappa shape index (κ2) is 17.8. The fourth-order valence-electron chi connectivity index (χ4n) is 10.2. The van der Waals surface area contributed by atoms with Gasteiger partial charge in [0.05, 0.1) is 23.0 Å². The minimum atomic E-state index is -3.69. The van der Waals surface area contributed by atoms with E-state index in [1.807, 2.05) is 43.3 Å². The average molecular weight is 980 g/mol. The standard InChI is InChI=1S/C28H30F2N2O4.C28H31F2NO4/c1-26(2,3)24-14-18-12-17(4-6-21(18)32(24)16-20(33)8-11-31)13-25(34)27(9-10-27)19-5-7-22-23(15-19)36-28(29,30)35-22;1-5-20(32)16-31-21-8-6-17(12-18(21)14-24(31)26(2,3)4)13-25(33)27(10-11-27)19-7-9-22-23(15-19)35-28(29,30)34-22/h4-7,11-12,14-15,20,31,33H,8-10,13,16H2,1-3H3;6-9,12,14-15,20,32H,5,10-11,13,16H2,1-4H3. The summed E-state index contributed by atoms with van der Waals surface area (Å²) >= 11 is 0. The predicted octanol–water partition coefficient (Wildman–Crippen LogP) is 11.4. The number of rotatable bonds is 15. The van der Waals surface area contributed by atoms with Crippen LogP contribution >= 0.6 is 0 Å². The molecule has 4 aliphatic rings. The predicted molar refractivity (Wildman–Crippen MR) is 262 cm³/mol. The molecule has 10 rings (SSSR count). The van der Waals surface area contributed by atoms with Gasteiger partial charge in [-0.2, -0.15) is 0 Å². The lowest BCUT2D eigenvalue weighted by molar-refractivity contribution is -0.287. The van der Waals surface area contributed by atoms with Gasteiger partial charge in [-0.3, -0.25) is 9.59 Å². The van der Waals surface area contributed by atoms with Gasteiger partial charge >= 0.3 is 12.6 Å². The number of nitrogens with zero attached hydrogens (tertiary/aromatic N) is 2. The van der Waals surface area contributed by atoms with Crippen LogP contribution in [0.5, 0.6) is 23.0 Å². The third-order valence-corrected chi connectivity index (χ3v) is 14.3. The number of benzene rings is 4. The third-order valence-electron chi connectivity index (χ3n) is 14.3. The molecule has 0 spiro atoms. The van der Waals surface area contributed by atoms with Crippen molar-refractivity contribution in [2.45, 2.75) is 159 Å². The van der Waals surface area contributed by atoms with Crippen LogP contribution in [0.3, 0.4) is 0 Å². The number of alkyl halides is 4. The number of hydrogen-bond donors (Lipinski definition) is 3. The van der Waals surface area contributed by atoms with Crippen molar-refractivity contribution in [1.82, 2.24) is 9.13 Å². The van der Waals surface area contributed by atoms with Gasteiger partial charge in [-0.15, -0.1) is 17.6 Å². The number of carbonyl (C=O) groups excluding carboxylic acids is 2. The number of aliphatic hydroxyl groups excluding tert-OH is 2. The minimum Gasteiger partial charge on any atom is -0.395 e. The van der Waals surface area contributed by atoms with E-state index in [0.717, 1.165) is 44.3 Å². The second-order valence-corrected chi connectivity index (χ2v) is 21.7. The lowest BCUT2D eigenvalue weighted by Gasteiger charge is -2.23. The van der Waals surface area contributed by atoms with Crippen molar-refractivity contribution in [1.29, 1.82) is 5.41 Å². The summed E-state index contributed by atoms with van der Waals surface area (Å²) in [6, 6.07) is 25.5. The van der Waals surface area contributed by atoms with Gasteiger partial charge in [0.15, 0.2) is 23.0 Å². The molecule has 2 aliphatic heterocycles. The van der Waals surface area contributed by atoms with Crippen molar-refractivity contribution >= 4 is 39.6 Å². The molecule has 376 valence electrons. The summed E-state index contributed by atoms with van der Waals surface area (Å²) in [7, 11) is 0. The van der Waals surface area contributed by atoms with Gasteiger partial charge in [0.25, 0.3) is 0 Å². The molecule has 2 atom stereocenters. The van der Waals surface area contributed by atoms with E-state index in [2.05, 4.69) is 81.8 Å². The summed E-state index contributed by atoms with van der Waals surface area (Å²) in [6.07, 6.45) is -3.07. The Balaban J connectivity index is 0.000000176. The van der Waals surface area contributed by atoms with E-state index in [0.29, 0.717) is 56.3 Å². The first-order valence-electron chi connectivity index (χ1n) is 24.3. The molecule has 2 unspecified atom stereocenters. The molecule has 0 saturated heterocycles. The summed E-state index contributed by atoms with van der Waals surface area (Å²) in [4.78, 5) is 26.8. The fourth-order valence-corrected chi connectivity index (χ4v) is 10.2. The highest BCUT2D eigenvalue weighted by Gasteiger charge is 2.53. The number of aliphatic hydroxyl groups is 2. The quantitative estimate of drug-likeness (QED) is 0.0681. The van der Waals surface area contributed by atoms with Gasteiger partial charge in [-0.05, 0) is 121 Å². The maximum atomic E-state index is 13.4. The zero-order chi connectivity index (χ0) is 51.1. The van der Waals surface area contributed by atoms with Gasteiger partial charge in [0.2, 0.25) is 0 Å². The maximum absolute atomic E-state index is 13.4. The van der Waals surface area contributed by atoms with Crippen LogP contribution in [0, 0.1) is 5.41 Å². The van der Waals surface area contributed by atoms with Crippen LogP contribution in [0.4, 0.5) is 17.6 Å². The lowest BCUT2D eigenvalue weighted by Crippen LogP contribution is -2.26. The minimum absolute atomic E-state index is 0.0141. The Hall–Kier alpha value is -6.19. The second-order valence-electron chi connectivity index (χ2n) is 21.7. The van der Waals surface area contributed by atoms with Crippen molar-refractivity contribution in [3.63, 3.8) is 0 Å². The van der Waals surface area contributed by atoms with Gasteiger partial charge in [0, 0.05) is 76.4 Å². The molecule has 71 heavy (non-hydrogen) atoms. The highest BCUT2D eigenvalue weighted by atomic mass is 19.3. The van der Waals surface area contributed by atoms with Gasteiger partial charge in [-0.25, -0.2) is 0 Å². The van der Waals surface area contributed by atoms with E-state index in [-0.39, 0.29) is 64.7 Å². The molecule has 11 nitrogen and oxygen atoms in total. The summed E-state index contributed by atoms with van der Waals surface area (Å²) in [5.74, 6) is 0.00318. The van der Waals surface area contributed by atoms with E-state index in [1.54, 1.807) is 12.1 Å². The molecule has 0 radical (unpaired) electrons. The molecular formula is C56H61F4N3O8. The highest BCUT2D eigenvalue weighted by Crippen LogP contribution is 2.54. The van der Waals surface area contributed by atoms with E-state index in [1.165, 1.54) is 30.5 Å². The first kappa shape index (κ1) is 49.8. The summed E-state index contributed by atoms with van der Waals surface area (Å²) in [5.41, 5.74) is 5.76. The first-order valence-corrected chi connectivity index (χ1v) is 24.3. The topological polar surface area (TPSA) is 145 Å².